The molecular weight excluding hydrogens is 268 g/mol. The van der Waals surface area contributed by atoms with Crippen LogP contribution in [0.25, 0.3) is 0 Å². The van der Waals surface area contributed by atoms with Crippen molar-refractivity contribution in [1.29, 1.82) is 0 Å². The third-order valence-corrected chi connectivity index (χ3v) is 3.96. The summed E-state index contributed by atoms with van der Waals surface area (Å²) in [6, 6.07) is 0.0715. The van der Waals surface area contributed by atoms with Crippen LogP contribution in [0.15, 0.2) is 0 Å². The molecule has 0 aromatic rings. The Hall–Kier alpha value is -1.26. The van der Waals surface area contributed by atoms with Gasteiger partial charge in [0, 0.05) is 19.0 Å². The Labute approximate surface area is 127 Å². The monoisotopic (exact) mass is 298 g/mol. The van der Waals surface area contributed by atoms with Crippen LogP contribution in [0.5, 0.6) is 0 Å². The summed E-state index contributed by atoms with van der Waals surface area (Å²) in [6.07, 6.45) is 5.50. The van der Waals surface area contributed by atoms with E-state index in [0.717, 1.165) is 25.2 Å². The third kappa shape index (κ3) is 8.58. The molecule has 2 amide bonds. The molecule has 1 aliphatic carbocycles. The highest BCUT2D eigenvalue weighted by Gasteiger charge is 2.25. The van der Waals surface area contributed by atoms with Crippen molar-refractivity contribution in [2.45, 2.75) is 65.3 Å². The predicted octanol–water partition coefficient (Wildman–Crippen LogP) is 3.00. The van der Waals surface area contributed by atoms with E-state index in [-0.39, 0.29) is 24.4 Å². The van der Waals surface area contributed by atoms with E-state index in [9.17, 15) is 9.59 Å². The molecule has 0 radical (unpaired) electrons. The van der Waals surface area contributed by atoms with Gasteiger partial charge in [0.25, 0.3) is 0 Å². The third-order valence-electron chi connectivity index (χ3n) is 3.96. The Balaban J connectivity index is 2.31. The second kappa shape index (κ2) is 8.90. The van der Waals surface area contributed by atoms with Gasteiger partial charge in [-0.2, -0.15) is 0 Å². The van der Waals surface area contributed by atoms with Crippen LogP contribution in [-0.4, -0.2) is 29.7 Å². The minimum atomic E-state index is -0.803. The van der Waals surface area contributed by atoms with Crippen LogP contribution in [0.1, 0.15) is 59.3 Å². The lowest BCUT2D eigenvalue weighted by Crippen LogP contribution is -2.44. The Morgan fingerprint density at radius 3 is 2.43 bits per heavy atom. The lowest BCUT2D eigenvalue weighted by atomic mass is 9.94. The quantitative estimate of drug-likeness (QED) is 0.580. The summed E-state index contributed by atoms with van der Waals surface area (Å²) in [5.41, 5.74) is 0. The van der Waals surface area contributed by atoms with Crippen molar-refractivity contribution < 1.29 is 14.7 Å². The first-order chi connectivity index (χ1) is 9.90. The fourth-order valence-electron chi connectivity index (χ4n) is 2.71. The molecule has 0 aromatic heterocycles. The van der Waals surface area contributed by atoms with E-state index in [0.29, 0.717) is 12.5 Å². The number of aliphatic carboxylic acids is 1. The summed E-state index contributed by atoms with van der Waals surface area (Å²) in [4.78, 5) is 22.8. The number of carboxylic acid groups (broad SMARTS) is 1. The van der Waals surface area contributed by atoms with Gasteiger partial charge in [-0.1, -0.05) is 33.6 Å². The van der Waals surface area contributed by atoms with Gasteiger partial charge in [0.1, 0.15) is 0 Å². The van der Waals surface area contributed by atoms with Crippen molar-refractivity contribution in [3.8, 4) is 0 Å². The van der Waals surface area contributed by atoms with E-state index in [1.165, 1.54) is 12.8 Å². The molecule has 0 heterocycles. The lowest BCUT2D eigenvalue weighted by molar-refractivity contribution is -0.138. The molecule has 0 spiro atoms. The number of hydrogen-bond acceptors (Lipinski definition) is 2. The van der Waals surface area contributed by atoms with Gasteiger partial charge in [0.05, 0.1) is 0 Å². The lowest BCUT2D eigenvalue weighted by Gasteiger charge is -2.20. The Morgan fingerprint density at radius 2 is 1.95 bits per heavy atom. The Bertz CT molecular complexity index is 340. The minimum Gasteiger partial charge on any atom is -0.481 e. The van der Waals surface area contributed by atoms with E-state index >= 15 is 0 Å². The maximum Gasteiger partial charge on any atom is 0.315 e. The molecule has 1 saturated carbocycles. The predicted molar refractivity (Wildman–Crippen MR) is 83.2 cm³/mol. The van der Waals surface area contributed by atoms with Crippen molar-refractivity contribution in [2.75, 3.05) is 6.54 Å². The molecule has 5 heteroatoms. The molecule has 1 aliphatic rings. The average Bonchev–Trinajstić information content (AvgIpc) is 3.17. The minimum absolute atomic E-state index is 0.00300. The van der Waals surface area contributed by atoms with Crippen molar-refractivity contribution in [2.24, 2.45) is 17.8 Å². The molecule has 21 heavy (non-hydrogen) atoms. The summed E-state index contributed by atoms with van der Waals surface area (Å²) in [6.45, 7) is 6.64. The van der Waals surface area contributed by atoms with Crippen molar-refractivity contribution in [1.82, 2.24) is 10.6 Å². The summed E-state index contributed by atoms with van der Waals surface area (Å²) in [5.74, 6) is 0.410. The van der Waals surface area contributed by atoms with Crippen LogP contribution in [0.4, 0.5) is 4.79 Å². The van der Waals surface area contributed by atoms with E-state index in [1.54, 1.807) is 0 Å². The zero-order chi connectivity index (χ0) is 15.8. The highest BCUT2D eigenvalue weighted by atomic mass is 16.4. The summed E-state index contributed by atoms with van der Waals surface area (Å²) in [7, 11) is 0. The molecular formula is C16H30N2O3. The molecule has 2 atom stereocenters. The number of urea groups is 1. The maximum absolute atomic E-state index is 11.9. The number of amides is 2. The molecule has 0 saturated heterocycles. The number of hydrogen-bond donors (Lipinski definition) is 3. The Morgan fingerprint density at radius 1 is 1.29 bits per heavy atom. The molecule has 0 bridgehead atoms. The highest BCUT2D eigenvalue weighted by molar-refractivity contribution is 5.74. The summed E-state index contributed by atoms with van der Waals surface area (Å²) < 4.78 is 0. The second-order valence-corrected chi connectivity index (χ2v) is 6.73. The molecule has 3 N–H and O–H groups in total. The van der Waals surface area contributed by atoms with E-state index in [1.807, 2.05) is 0 Å². The maximum atomic E-state index is 11.9. The summed E-state index contributed by atoms with van der Waals surface area (Å²) in [5, 5.41) is 14.8. The van der Waals surface area contributed by atoms with Crippen LogP contribution in [-0.2, 0) is 4.79 Å². The van der Waals surface area contributed by atoms with Crippen molar-refractivity contribution in [3.63, 3.8) is 0 Å². The first kappa shape index (κ1) is 17.8. The number of carbonyl (C=O) groups excluding carboxylic acids is 1. The van der Waals surface area contributed by atoms with Crippen LogP contribution in [0.3, 0.4) is 0 Å². The van der Waals surface area contributed by atoms with Gasteiger partial charge in [-0.3, -0.25) is 4.79 Å². The van der Waals surface area contributed by atoms with Gasteiger partial charge in [-0.25, -0.2) is 4.79 Å². The van der Waals surface area contributed by atoms with Crippen molar-refractivity contribution in [3.05, 3.63) is 0 Å². The van der Waals surface area contributed by atoms with Gasteiger partial charge in [0.2, 0.25) is 0 Å². The zero-order valence-corrected chi connectivity index (χ0v) is 13.5. The summed E-state index contributed by atoms with van der Waals surface area (Å²) >= 11 is 0. The Kier molecular flexibility index (Phi) is 7.54. The molecule has 0 aromatic carbocycles. The smallest absolute Gasteiger partial charge is 0.315 e. The first-order valence-corrected chi connectivity index (χ1v) is 8.16. The van der Waals surface area contributed by atoms with E-state index < -0.39 is 5.97 Å². The molecule has 0 aliphatic heterocycles. The van der Waals surface area contributed by atoms with Gasteiger partial charge >= 0.3 is 12.0 Å². The standard InChI is InChI=1S/C16H30N2O3/c1-4-14(8-12-5-6-12)18-16(21)17-10-13(7-11(2)3)9-15(19)20/h11-14H,4-10H2,1-3H3,(H,19,20)(H2,17,18,21)/t13-,14?/m0/s1. The van der Waals surface area contributed by atoms with E-state index in [2.05, 4.69) is 31.4 Å². The SMILES string of the molecule is CCC(CC1CC1)NC(=O)NC[C@H](CC(=O)O)CC(C)C. The van der Waals surface area contributed by atoms with Gasteiger partial charge in [-0.05, 0) is 37.0 Å². The fraction of sp³-hybridized carbons (Fsp3) is 0.875. The number of carboxylic acids is 1. The topological polar surface area (TPSA) is 78.4 Å². The largest absolute Gasteiger partial charge is 0.481 e. The van der Waals surface area contributed by atoms with Crippen LogP contribution in [0, 0.1) is 17.8 Å². The highest BCUT2D eigenvalue weighted by Crippen LogP contribution is 2.33. The van der Waals surface area contributed by atoms with Crippen LogP contribution in [0.2, 0.25) is 0 Å². The molecule has 1 unspecified atom stereocenters. The van der Waals surface area contributed by atoms with Crippen molar-refractivity contribution >= 4 is 12.0 Å². The normalized spacial score (nSPS) is 17.3. The number of carbonyl (C=O) groups is 2. The average molecular weight is 298 g/mol. The van der Waals surface area contributed by atoms with Gasteiger partial charge in [0.15, 0.2) is 0 Å². The molecule has 1 fully saturated rings. The molecule has 5 nitrogen and oxygen atoms in total. The van der Waals surface area contributed by atoms with Gasteiger partial charge < -0.3 is 15.7 Å². The number of rotatable bonds is 10. The van der Waals surface area contributed by atoms with E-state index in [4.69, 9.17) is 5.11 Å². The second-order valence-electron chi connectivity index (χ2n) is 6.73. The van der Waals surface area contributed by atoms with Gasteiger partial charge in [-0.15, -0.1) is 0 Å². The molecule has 122 valence electrons. The molecule has 1 rings (SSSR count). The van der Waals surface area contributed by atoms with Crippen LogP contribution >= 0.6 is 0 Å². The fourth-order valence-corrected chi connectivity index (χ4v) is 2.71. The first-order valence-electron chi connectivity index (χ1n) is 8.16. The zero-order valence-electron chi connectivity index (χ0n) is 13.5. The van der Waals surface area contributed by atoms with Crippen LogP contribution < -0.4 is 10.6 Å². The number of nitrogens with one attached hydrogen (secondary N) is 2.